The van der Waals surface area contributed by atoms with Gasteiger partial charge in [0.05, 0.1) is 0 Å². The van der Waals surface area contributed by atoms with Crippen LogP contribution in [0.3, 0.4) is 0 Å². The molecule has 0 aliphatic carbocycles. The summed E-state index contributed by atoms with van der Waals surface area (Å²) >= 11 is 0. The molecule has 0 rings (SSSR count). The quantitative estimate of drug-likeness (QED) is 0.260. The number of hydrogen-bond acceptors (Lipinski definition) is 4. The van der Waals surface area contributed by atoms with Crippen LogP contribution >= 0.6 is 0 Å². The summed E-state index contributed by atoms with van der Waals surface area (Å²) in [5.74, 6) is -0.467. The molecule has 2 N–H and O–H groups in total. The van der Waals surface area contributed by atoms with Gasteiger partial charge in [-0.2, -0.15) is 0 Å². The highest BCUT2D eigenvalue weighted by Gasteiger charge is 2.17. The Bertz CT molecular complexity index is 560. The van der Waals surface area contributed by atoms with E-state index in [1.807, 2.05) is 0 Å². The summed E-state index contributed by atoms with van der Waals surface area (Å²) < 4.78 is 0. The van der Waals surface area contributed by atoms with Crippen molar-refractivity contribution >= 4 is 24.1 Å². The Morgan fingerprint density at radius 1 is 0.815 bits per heavy atom. The first-order chi connectivity index (χ1) is 12.7. The molecule has 0 aromatic rings. The number of hydrogen-bond donors (Lipinski definition) is 2. The maximum atomic E-state index is 12.3. The van der Waals surface area contributed by atoms with E-state index in [0.717, 1.165) is 0 Å². The average molecular weight is 380 g/mol. The molecule has 0 atom stereocenters. The van der Waals surface area contributed by atoms with Crippen molar-refractivity contribution in [2.75, 3.05) is 39.3 Å². The summed E-state index contributed by atoms with van der Waals surface area (Å²) in [4.78, 5) is 49.1. The molecule has 0 radical (unpaired) electrons. The molecule has 0 unspecified atom stereocenters. The van der Waals surface area contributed by atoms with Gasteiger partial charge in [-0.15, -0.1) is 0 Å². The van der Waals surface area contributed by atoms with E-state index in [1.165, 1.54) is 6.92 Å². The molecule has 4 amide bonds. The van der Waals surface area contributed by atoms with E-state index in [2.05, 4.69) is 23.8 Å². The molecule has 0 aromatic carbocycles. The van der Waals surface area contributed by atoms with E-state index in [-0.39, 0.29) is 17.7 Å². The van der Waals surface area contributed by atoms with Crippen LogP contribution in [0.4, 0.5) is 0 Å². The highest BCUT2D eigenvalue weighted by molar-refractivity contribution is 5.92. The van der Waals surface area contributed by atoms with Gasteiger partial charge in [-0.1, -0.05) is 13.2 Å². The van der Waals surface area contributed by atoms with Crippen LogP contribution in [0.15, 0.2) is 24.3 Å². The van der Waals surface area contributed by atoms with Crippen molar-refractivity contribution in [2.45, 2.75) is 33.6 Å². The fraction of sp³-hybridized carbons (Fsp3) is 0.579. The summed E-state index contributed by atoms with van der Waals surface area (Å²) in [5.41, 5.74) is 0.867. The maximum Gasteiger partial charge on any atom is 0.248 e. The largest absolute Gasteiger partial charge is 0.359 e. The third kappa shape index (κ3) is 10.8. The first-order valence-corrected chi connectivity index (χ1v) is 9.01. The lowest BCUT2D eigenvalue weighted by molar-refractivity contribution is -0.128. The topological polar surface area (TPSA) is 98.8 Å². The van der Waals surface area contributed by atoms with Crippen LogP contribution in [0.2, 0.25) is 0 Å². The third-order valence-electron chi connectivity index (χ3n) is 3.75. The maximum absolute atomic E-state index is 12.3. The Hall–Kier alpha value is -2.64. The lowest BCUT2D eigenvalue weighted by Gasteiger charge is -2.26. The number of nitrogens with zero attached hydrogens (tertiary/aromatic N) is 2. The minimum Gasteiger partial charge on any atom is -0.359 e. The predicted octanol–water partition coefficient (Wildman–Crippen LogP) is 0.458. The Kier molecular flexibility index (Phi) is 12.2. The molecule has 8 heteroatoms. The normalized spacial score (nSPS) is 9.89. The molecule has 0 bridgehead atoms. The van der Waals surface area contributed by atoms with Gasteiger partial charge >= 0.3 is 0 Å². The van der Waals surface area contributed by atoms with Gasteiger partial charge in [0.15, 0.2) is 0 Å². The summed E-state index contributed by atoms with van der Waals surface area (Å²) in [6.45, 7) is 14.7. The van der Waals surface area contributed by atoms with Crippen molar-refractivity contribution in [1.29, 1.82) is 0 Å². The first-order valence-electron chi connectivity index (χ1n) is 9.01. The second kappa shape index (κ2) is 13.5. The Morgan fingerprint density at radius 2 is 1.30 bits per heavy atom. The zero-order valence-electron chi connectivity index (χ0n) is 16.7. The SMILES string of the molecule is C=C(C)C(=O)N(CCCNC=O)CCCN(CCNC(C)=O)C(=O)C(=C)C. The number of nitrogens with one attached hydrogen (secondary N) is 2. The van der Waals surface area contributed by atoms with Crippen LogP contribution in [0.25, 0.3) is 0 Å². The predicted molar refractivity (Wildman–Crippen MR) is 105 cm³/mol. The van der Waals surface area contributed by atoms with E-state index >= 15 is 0 Å². The fourth-order valence-corrected chi connectivity index (χ4v) is 2.42. The van der Waals surface area contributed by atoms with Gasteiger partial charge in [-0.05, 0) is 26.7 Å². The van der Waals surface area contributed by atoms with Crippen LogP contribution in [-0.2, 0) is 19.2 Å². The second-order valence-corrected chi connectivity index (χ2v) is 6.41. The molecule has 0 fully saturated rings. The van der Waals surface area contributed by atoms with Gasteiger partial charge in [-0.3, -0.25) is 19.2 Å². The third-order valence-corrected chi connectivity index (χ3v) is 3.75. The van der Waals surface area contributed by atoms with Crippen LogP contribution in [0.5, 0.6) is 0 Å². The molecule has 0 aliphatic heterocycles. The van der Waals surface area contributed by atoms with E-state index in [1.54, 1.807) is 23.6 Å². The minimum atomic E-state index is -0.173. The zero-order chi connectivity index (χ0) is 20.8. The minimum absolute atomic E-state index is 0.142. The molecule has 27 heavy (non-hydrogen) atoms. The number of rotatable bonds is 14. The Balaban J connectivity index is 4.71. The number of amides is 4. The van der Waals surface area contributed by atoms with Crippen molar-refractivity contribution in [3.05, 3.63) is 24.3 Å². The Labute approximate surface area is 161 Å². The lowest BCUT2D eigenvalue weighted by Crippen LogP contribution is -2.41. The summed E-state index contributed by atoms with van der Waals surface area (Å²) in [7, 11) is 0. The van der Waals surface area contributed by atoms with E-state index in [0.29, 0.717) is 69.7 Å². The summed E-state index contributed by atoms with van der Waals surface area (Å²) in [5, 5.41) is 5.24. The van der Waals surface area contributed by atoms with Crippen molar-refractivity contribution in [2.24, 2.45) is 0 Å². The van der Waals surface area contributed by atoms with Gasteiger partial charge in [-0.25, -0.2) is 0 Å². The zero-order valence-corrected chi connectivity index (χ0v) is 16.7. The summed E-state index contributed by atoms with van der Waals surface area (Å²) in [6, 6.07) is 0. The monoisotopic (exact) mass is 380 g/mol. The molecule has 0 aromatic heterocycles. The molecular formula is C19H32N4O4. The highest BCUT2D eigenvalue weighted by atomic mass is 16.2. The van der Waals surface area contributed by atoms with Crippen molar-refractivity contribution in [1.82, 2.24) is 20.4 Å². The molecule has 0 aliphatic rings. The van der Waals surface area contributed by atoms with Gasteiger partial charge in [0, 0.05) is 57.3 Å². The van der Waals surface area contributed by atoms with Crippen LogP contribution in [0.1, 0.15) is 33.6 Å². The molecule has 0 saturated carbocycles. The fourth-order valence-electron chi connectivity index (χ4n) is 2.42. The standard InChI is InChI=1S/C19H32N4O4/c1-15(2)18(26)22(10-6-8-20-14-24)11-7-12-23(19(27)16(3)4)13-9-21-17(5)25/h14H,1,3,6-13H2,2,4-5H3,(H,20,24)(H,21,25). The molecule has 0 spiro atoms. The highest BCUT2D eigenvalue weighted by Crippen LogP contribution is 2.05. The van der Waals surface area contributed by atoms with Gasteiger partial charge in [0.1, 0.15) is 0 Å². The first kappa shape index (κ1) is 24.4. The van der Waals surface area contributed by atoms with E-state index in [9.17, 15) is 19.2 Å². The van der Waals surface area contributed by atoms with Crippen LogP contribution < -0.4 is 10.6 Å². The molecule has 152 valence electrons. The van der Waals surface area contributed by atoms with Gasteiger partial charge < -0.3 is 20.4 Å². The van der Waals surface area contributed by atoms with E-state index in [4.69, 9.17) is 0 Å². The van der Waals surface area contributed by atoms with E-state index < -0.39 is 0 Å². The molecule has 8 nitrogen and oxygen atoms in total. The van der Waals surface area contributed by atoms with Gasteiger partial charge in [0.2, 0.25) is 24.1 Å². The van der Waals surface area contributed by atoms with Crippen molar-refractivity contribution in [3.8, 4) is 0 Å². The van der Waals surface area contributed by atoms with Gasteiger partial charge in [0.25, 0.3) is 0 Å². The van der Waals surface area contributed by atoms with Crippen molar-refractivity contribution < 1.29 is 19.2 Å². The van der Waals surface area contributed by atoms with Crippen molar-refractivity contribution in [3.63, 3.8) is 0 Å². The lowest BCUT2D eigenvalue weighted by atomic mass is 10.2. The smallest absolute Gasteiger partial charge is 0.248 e. The number of carbonyl (C=O) groups is 4. The number of carbonyl (C=O) groups excluding carboxylic acids is 4. The molecule has 0 saturated heterocycles. The Morgan fingerprint density at radius 3 is 1.74 bits per heavy atom. The summed E-state index contributed by atoms with van der Waals surface area (Å²) in [6.07, 6.45) is 1.84. The van der Waals surface area contributed by atoms with Crippen LogP contribution in [-0.4, -0.2) is 73.2 Å². The average Bonchev–Trinajstić information content (AvgIpc) is 2.60. The molecule has 0 heterocycles. The van der Waals surface area contributed by atoms with Crippen LogP contribution in [0, 0.1) is 0 Å². The molecular weight excluding hydrogens is 348 g/mol. The second-order valence-electron chi connectivity index (χ2n) is 6.41.